The van der Waals surface area contributed by atoms with Crippen LogP contribution >= 0.6 is 0 Å². The summed E-state index contributed by atoms with van der Waals surface area (Å²) in [6.45, 7) is 1.80. The fourth-order valence-electron chi connectivity index (χ4n) is 5.32. The summed E-state index contributed by atoms with van der Waals surface area (Å²) in [6, 6.07) is 8.52. The molecule has 1 aliphatic heterocycles. The summed E-state index contributed by atoms with van der Waals surface area (Å²) in [5.74, 6) is 2.34. The first-order valence-electron chi connectivity index (χ1n) is 10.1. The molecule has 1 saturated heterocycles. The van der Waals surface area contributed by atoms with Gasteiger partial charge in [0.25, 0.3) is 0 Å². The van der Waals surface area contributed by atoms with Gasteiger partial charge in [-0.25, -0.2) is 0 Å². The number of hydrogen-bond donors (Lipinski definition) is 0. The molecule has 0 N–H and O–H groups in total. The number of likely N-dealkylation sites (tertiary alicyclic amines) is 1. The molecule has 1 aromatic rings. The molecule has 1 heterocycles. The Bertz CT molecular complexity index is 683. The maximum Gasteiger partial charge on any atom is 0.233 e. The van der Waals surface area contributed by atoms with Crippen molar-refractivity contribution in [2.45, 2.75) is 43.2 Å². The molecule has 148 valence electrons. The smallest absolute Gasteiger partial charge is 0.233 e. The number of benzene rings is 1. The van der Waals surface area contributed by atoms with Crippen molar-refractivity contribution in [1.29, 1.82) is 0 Å². The van der Waals surface area contributed by atoms with Gasteiger partial charge in [-0.05, 0) is 69.3 Å². The van der Waals surface area contributed by atoms with Gasteiger partial charge in [0.1, 0.15) is 5.75 Å². The third kappa shape index (κ3) is 3.25. The minimum absolute atomic E-state index is 0.271. The zero-order valence-corrected chi connectivity index (χ0v) is 17.0. The minimum atomic E-state index is -0.290. The van der Waals surface area contributed by atoms with Crippen molar-refractivity contribution in [3.8, 4) is 5.75 Å². The van der Waals surface area contributed by atoms with Crippen molar-refractivity contribution < 1.29 is 14.3 Å². The summed E-state index contributed by atoms with van der Waals surface area (Å²) in [4.78, 5) is 17.9. The topological polar surface area (TPSA) is 42.0 Å². The first-order chi connectivity index (χ1) is 13.0. The Morgan fingerprint density at radius 2 is 1.70 bits per heavy atom. The van der Waals surface area contributed by atoms with Crippen LogP contribution in [-0.2, 0) is 14.9 Å². The molecule has 1 aromatic carbocycles. The van der Waals surface area contributed by atoms with Crippen molar-refractivity contribution in [3.05, 3.63) is 29.8 Å². The van der Waals surface area contributed by atoms with E-state index in [1.54, 1.807) is 7.11 Å². The van der Waals surface area contributed by atoms with Crippen molar-refractivity contribution in [2.24, 2.45) is 11.8 Å². The number of hydrogen-bond acceptors (Lipinski definition) is 4. The Hall–Kier alpha value is -1.59. The van der Waals surface area contributed by atoms with E-state index in [9.17, 15) is 4.79 Å². The number of carbonyl (C=O) groups excluding carboxylic acids is 1. The molecule has 0 unspecified atom stereocenters. The number of amides is 1. The summed E-state index contributed by atoms with van der Waals surface area (Å²) in [5.41, 5.74) is 0.852. The van der Waals surface area contributed by atoms with Crippen LogP contribution < -0.4 is 4.74 Å². The summed E-state index contributed by atoms with van der Waals surface area (Å²) < 4.78 is 11.0. The molecule has 4 rings (SSSR count). The maximum atomic E-state index is 13.4. The molecular weight excluding hydrogens is 340 g/mol. The molecule has 1 amide bonds. The molecule has 0 bridgehead atoms. The standard InChI is InChI=1S/C22H32N2O3/c1-23(2)19-11-15-13-24(14-16(15)12-20(19)27-4)21(25)22(9-10-22)17-5-7-18(26-3)8-6-17/h5-8,15-16,19-20H,9-14H2,1-4H3/t15-,16+,19-,20-/m1/s1. The summed E-state index contributed by atoms with van der Waals surface area (Å²) in [5, 5.41) is 0. The van der Waals surface area contributed by atoms with Gasteiger partial charge in [-0.2, -0.15) is 0 Å². The fraction of sp³-hybridized carbons (Fsp3) is 0.682. The van der Waals surface area contributed by atoms with Gasteiger partial charge >= 0.3 is 0 Å². The lowest BCUT2D eigenvalue weighted by molar-refractivity contribution is -0.133. The lowest BCUT2D eigenvalue weighted by Crippen LogP contribution is -2.47. The lowest BCUT2D eigenvalue weighted by Gasteiger charge is -2.40. The van der Waals surface area contributed by atoms with E-state index >= 15 is 0 Å². The Balaban J connectivity index is 1.48. The quantitative estimate of drug-likeness (QED) is 0.797. The summed E-state index contributed by atoms with van der Waals surface area (Å²) in [6.07, 6.45) is 4.38. The van der Waals surface area contributed by atoms with Crippen LogP contribution in [0.25, 0.3) is 0 Å². The first-order valence-corrected chi connectivity index (χ1v) is 10.1. The number of ether oxygens (including phenoxy) is 2. The van der Waals surface area contributed by atoms with Gasteiger partial charge < -0.3 is 19.3 Å². The normalized spacial score (nSPS) is 31.7. The van der Waals surface area contributed by atoms with Crippen LogP contribution in [0.4, 0.5) is 0 Å². The van der Waals surface area contributed by atoms with E-state index < -0.39 is 0 Å². The lowest BCUT2D eigenvalue weighted by atomic mass is 9.77. The van der Waals surface area contributed by atoms with Crippen LogP contribution in [-0.4, -0.2) is 69.3 Å². The zero-order chi connectivity index (χ0) is 19.2. The predicted molar refractivity (Wildman–Crippen MR) is 105 cm³/mol. The number of rotatable bonds is 5. The van der Waals surface area contributed by atoms with E-state index in [1.807, 2.05) is 19.2 Å². The average Bonchev–Trinajstić information content (AvgIpc) is 3.39. The molecule has 27 heavy (non-hydrogen) atoms. The average molecular weight is 373 g/mol. The molecule has 4 atom stereocenters. The van der Waals surface area contributed by atoms with E-state index in [0.29, 0.717) is 23.8 Å². The first kappa shape index (κ1) is 18.8. The molecule has 0 spiro atoms. The Kier molecular flexibility index (Phi) is 4.93. The van der Waals surface area contributed by atoms with Crippen molar-refractivity contribution in [1.82, 2.24) is 9.80 Å². The molecular formula is C22H32N2O3. The monoisotopic (exact) mass is 372 g/mol. The van der Waals surface area contributed by atoms with E-state index in [0.717, 1.165) is 50.1 Å². The highest BCUT2D eigenvalue weighted by molar-refractivity contribution is 5.91. The van der Waals surface area contributed by atoms with Gasteiger partial charge in [-0.1, -0.05) is 12.1 Å². The zero-order valence-electron chi connectivity index (χ0n) is 17.0. The molecule has 0 radical (unpaired) electrons. The molecule has 2 saturated carbocycles. The SMILES string of the molecule is COc1ccc(C2(C(=O)N3C[C@H]4C[C@@H](N(C)C)[C@H](OC)C[C@H]4C3)CC2)cc1. The molecule has 3 aliphatic rings. The number of likely N-dealkylation sites (N-methyl/N-ethyl adjacent to an activating group) is 1. The third-order valence-corrected chi connectivity index (χ3v) is 7.14. The van der Waals surface area contributed by atoms with Crippen LogP contribution in [0.2, 0.25) is 0 Å². The number of methoxy groups -OCH3 is 2. The van der Waals surface area contributed by atoms with Crippen LogP contribution in [0.5, 0.6) is 5.75 Å². The van der Waals surface area contributed by atoms with E-state index in [1.165, 1.54) is 0 Å². The van der Waals surface area contributed by atoms with E-state index in [2.05, 4.69) is 36.0 Å². The minimum Gasteiger partial charge on any atom is -0.497 e. The van der Waals surface area contributed by atoms with Gasteiger partial charge in [0.15, 0.2) is 0 Å². The van der Waals surface area contributed by atoms with Crippen LogP contribution in [0.15, 0.2) is 24.3 Å². The number of carbonyl (C=O) groups is 1. The van der Waals surface area contributed by atoms with Crippen LogP contribution in [0.3, 0.4) is 0 Å². The summed E-state index contributed by atoms with van der Waals surface area (Å²) >= 11 is 0. The second-order valence-electron chi connectivity index (χ2n) is 8.82. The molecule has 5 heteroatoms. The Labute approximate surface area is 162 Å². The molecule has 3 fully saturated rings. The molecule has 2 aliphatic carbocycles. The Morgan fingerprint density at radius 3 is 2.22 bits per heavy atom. The van der Waals surface area contributed by atoms with Crippen molar-refractivity contribution in [3.63, 3.8) is 0 Å². The molecule has 5 nitrogen and oxygen atoms in total. The van der Waals surface area contributed by atoms with E-state index in [-0.39, 0.29) is 11.5 Å². The van der Waals surface area contributed by atoms with E-state index in [4.69, 9.17) is 9.47 Å². The van der Waals surface area contributed by atoms with Gasteiger partial charge in [0, 0.05) is 26.2 Å². The number of fused-ring (bicyclic) bond motifs is 1. The van der Waals surface area contributed by atoms with Gasteiger partial charge in [0.2, 0.25) is 5.91 Å². The van der Waals surface area contributed by atoms with Crippen molar-refractivity contribution >= 4 is 5.91 Å². The number of nitrogens with zero attached hydrogens (tertiary/aromatic N) is 2. The highest BCUT2D eigenvalue weighted by atomic mass is 16.5. The summed E-state index contributed by atoms with van der Waals surface area (Å²) in [7, 11) is 7.77. The van der Waals surface area contributed by atoms with Crippen LogP contribution in [0.1, 0.15) is 31.2 Å². The second kappa shape index (κ2) is 7.10. The third-order valence-electron chi connectivity index (χ3n) is 7.14. The maximum absolute atomic E-state index is 13.4. The largest absolute Gasteiger partial charge is 0.497 e. The molecule has 0 aromatic heterocycles. The van der Waals surface area contributed by atoms with Crippen LogP contribution in [0, 0.1) is 11.8 Å². The van der Waals surface area contributed by atoms with Gasteiger partial charge in [-0.3, -0.25) is 4.79 Å². The predicted octanol–water partition coefficient (Wildman–Crippen LogP) is 2.54. The van der Waals surface area contributed by atoms with Gasteiger partial charge in [0.05, 0.1) is 18.6 Å². The Morgan fingerprint density at radius 1 is 1.07 bits per heavy atom. The van der Waals surface area contributed by atoms with Gasteiger partial charge in [-0.15, -0.1) is 0 Å². The highest BCUT2D eigenvalue weighted by Crippen LogP contribution is 2.51. The van der Waals surface area contributed by atoms with Crippen molar-refractivity contribution in [2.75, 3.05) is 41.4 Å². The second-order valence-corrected chi connectivity index (χ2v) is 8.82. The highest BCUT2D eigenvalue weighted by Gasteiger charge is 2.55. The fourth-order valence-corrected chi connectivity index (χ4v) is 5.32.